The van der Waals surface area contributed by atoms with E-state index in [-0.39, 0.29) is 10.8 Å². The first-order chi connectivity index (χ1) is 13.8. The molecule has 0 radical (unpaired) electrons. The molecule has 2 unspecified atom stereocenters. The van der Waals surface area contributed by atoms with Crippen LogP contribution in [0.1, 0.15) is 32.3 Å². The van der Waals surface area contributed by atoms with Gasteiger partial charge >= 0.3 is 0 Å². The molecule has 156 valence electrons. The summed E-state index contributed by atoms with van der Waals surface area (Å²) >= 11 is 0. The molecule has 2 aromatic carbocycles. The quantitative estimate of drug-likeness (QED) is 0.777. The summed E-state index contributed by atoms with van der Waals surface area (Å²) in [6.45, 7) is 6.81. The molecular weight excluding hydrogens is 388 g/mol. The molecule has 6 nitrogen and oxygen atoms in total. The van der Waals surface area contributed by atoms with Crippen LogP contribution in [-0.4, -0.2) is 37.8 Å². The maximum atomic E-state index is 12.8. The lowest BCUT2D eigenvalue weighted by molar-refractivity contribution is -0.122. The van der Waals surface area contributed by atoms with Gasteiger partial charge in [-0.2, -0.15) is 4.31 Å². The molecule has 0 aromatic heterocycles. The topological polar surface area (TPSA) is 75.7 Å². The highest BCUT2D eigenvalue weighted by atomic mass is 32.2. The number of sulfonamides is 1. The van der Waals surface area contributed by atoms with Gasteiger partial charge in [-0.3, -0.25) is 4.79 Å². The predicted molar refractivity (Wildman–Crippen MR) is 113 cm³/mol. The van der Waals surface area contributed by atoms with Crippen LogP contribution >= 0.6 is 0 Å². The SMILES string of the molecule is Cc1cccc(OC(C)C(=O)Nc2ccc(S(=O)(=O)N3CCCC(C)C3)cc2)c1. The van der Waals surface area contributed by atoms with Gasteiger partial charge in [0.15, 0.2) is 6.10 Å². The Balaban J connectivity index is 1.63. The number of hydrogen-bond acceptors (Lipinski definition) is 4. The van der Waals surface area contributed by atoms with E-state index in [1.54, 1.807) is 29.4 Å². The Morgan fingerprint density at radius 1 is 1.21 bits per heavy atom. The van der Waals surface area contributed by atoms with Crippen LogP contribution in [0.15, 0.2) is 53.4 Å². The van der Waals surface area contributed by atoms with E-state index in [1.165, 1.54) is 12.1 Å². The summed E-state index contributed by atoms with van der Waals surface area (Å²) in [6.07, 6.45) is 1.25. The summed E-state index contributed by atoms with van der Waals surface area (Å²) < 4.78 is 32.9. The minimum absolute atomic E-state index is 0.244. The number of anilines is 1. The fourth-order valence-electron chi connectivity index (χ4n) is 3.41. The summed E-state index contributed by atoms with van der Waals surface area (Å²) in [5.74, 6) is 0.698. The van der Waals surface area contributed by atoms with Crippen molar-refractivity contribution in [3.8, 4) is 5.75 Å². The number of ether oxygens (including phenoxy) is 1. The monoisotopic (exact) mass is 416 g/mol. The number of carbonyl (C=O) groups is 1. The van der Waals surface area contributed by atoms with Crippen molar-refractivity contribution in [3.05, 3.63) is 54.1 Å². The Kier molecular flexibility index (Phi) is 6.59. The lowest BCUT2D eigenvalue weighted by Crippen LogP contribution is -2.39. The second-order valence-electron chi connectivity index (χ2n) is 7.70. The number of benzene rings is 2. The first-order valence-electron chi connectivity index (χ1n) is 9.90. The second-order valence-corrected chi connectivity index (χ2v) is 9.64. The molecule has 0 saturated carbocycles. The fraction of sp³-hybridized carbons (Fsp3) is 0.409. The highest BCUT2D eigenvalue weighted by Crippen LogP contribution is 2.24. The van der Waals surface area contributed by atoms with Gasteiger partial charge in [0.25, 0.3) is 5.91 Å². The van der Waals surface area contributed by atoms with Crippen molar-refractivity contribution < 1.29 is 17.9 Å². The van der Waals surface area contributed by atoms with E-state index in [1.807, 2.05) is 25.1 Å². The number of nitrogens with zero attached hydrogens (tertiary/aromatic N) is 1. The van der Waals surface area contributed by atoms with Crippen molar-refractivity contribution in [2.75, 3.05) is 18.4 Å². The predicted octanol–water partition coefficient (Wildman–Crippen LogP) is 3.82. The van der Waals surface area contributed by atoms with E-state index in [4.69, 9.17) is 4.74 Å². The van der Waals surface area contributed by atoms with Gasteiger partial charge in [0.05, 0.1) is 4.90 Å². The third-order valence-corrected chi connectivity index (χ3v) is 6.93. The van der Waals surface area contributed by atoms with Crippen LogP contribution in [0.4, 0.5) is 5.69 Å². The Labute approximate surface area is 172 Å². The zero-order valence-corrected chi connectivity index (χ0v) is 17.9. The van der Waals surface area contributed by atoms with E-state index in [9.17, 15) is 13.2 Å². The van der Waals surface area contributed by atoms with Gasteiger partial charge in [0.1, 0.15) is 5.75 Å². The largest absolute Gasteiger partial charge is 0.481 e. The van der Waals surface area contributed by atoms with Gasteiger partial charge < -0.3 is 10.1 Å². The molecule has 3 rings (SSSR count). The van der Waals surface area contributed by atoms with E-state index < -0.39 is 16.1 Å². The molecule has 0 spiro atoms. The molecule has 1 heterocycles. The van der Waals surface area contributed by atoms with Crippen molar-refractivity contribution in [1.82, 2.24) is 4.31 Å². The lowest BCUT2D eigenvalue weighted by Gasteiger charge is -2.30. The van der Waals surface area contributed by atoms with Crippen molar-refractivity contribution in [2.24, 2.45) is 5.92 Å². The van der Waals surface area contributed by atoms with Crippen LogP contribution in [-0.2, 0) is 14.8 Å². The zero-order valence-electron chi connectivity index (χ0n) is 17.1. The number of hydrogen-bond donors (Lipinski definition) is 1. The van der Waals surface area contributed by atoms with Crippen LogP contribution in [0, 0.1) is 12.8 Å². The summed E-state index contributed by atoms with van der Waals surface area (Å²) in [5.41, 5.74) is 1.58. The van der Waals surface area contributed by atoms with Gasteiger partial charge in [0, 0.05) is 18.8 Å². The van der Waals surface area contributed by atoms with Crippen molar-refractivity contribution in [3.63, 3.8) is 0 Å². The van der Waals surface area contributed by atoms with E-state index in [0.717, 1.165) is 18.4 Å². The van der Waals surface area contributed by atoms with Gasteiger partial charge in [0.2, 0.25) is 10.0 Å². The lowest BCUT2D eigenvalue weighted by atomic mass is 10.0. The van der Waals surface area contributed by atoms with Gasteiger partial charge in [-0.05, 0) is 74.6 Å². The van der Waals surface area contributed by atoms with Crippen molar-refractivity contribution in [2.45, 2.75) is 44.6 Å². The zero-order chi connectivity index (χ0) is 21.0. The number of piperidine rings is 1. The molecule has 1 fully saturated rings. The summed E-state index contributed by atoms with van der Waals surface area (Å²) in [5, 5.41) is 2.77. The Bertz CT molecular complexity index is 957. The Morgan fingerprint density at radius 3 is 2.59 bits per heavy atom. The highest BCUT2D eigenvalue weighted by molar-refractivity contribution is 7.89. The smallest absolute Gasteiger partial charge is 0.265 e. The first kappa shape index (κ1) is 21.3. The third-order valence-electron chi connectivity index (χ3n) is 5.05. The molecular formula is C22H28N2O4S. The van der Waals surface area contributed by atoms with Gasteiger partial charge in [-0.15, -0.1) is 0 Å². The van der Waals surface area contributed by atoms with Crippen LogP contribution in [0.5, 0.6) is 5.75 Å². The van der Waals surface area contributed by atoms with Gasteiger partial charge in [-0.1, -0.05) is 19.1 Å². The molecule has 1 aliphatic heterocycles. The van der Waals surface area contributed by atoms with E-state index in [2.05, 4.69) is 12.2 Å². The average molecular weight is 417 g/mol. The minimum Gasteiger partial charge on any atom is -0.481 e. The number of amides is 1. The summed E-state index contributed by atoms with van der Waals surface area (Å²) in [4.78, 5) is 12.6. The normalized spacial score (nSPS) is 18.8. The van der Waals surface area contributed by atoms with E-state index in [0.29, 0.717) is 30.4 Å². The Hall–Kier alpha value is -2.38. The molecule has 1 amide bonds. The molecule has 2 aromatic rings. The molecule has 29 heavy (non-hydrogen) atoms. The van der Waals surface area contributed by atoms with E-state index >= 15 is 0 Å². The Morgan fingerprint density at radius 2 is 1.93 bits per heavy atom. The first-order valence-corrected chi connectivity index (χ1v) is 11.3. The summed E-state index contributed by atoms with van der Waals surface area (Å²) in [6, 6.07) is 13.8. The third kappa shape index (κ3) is 5.36. The molecule has 1 aliphatic rings. The van der Waals surface area contributed by atoms with Crippen LogP contribution in [0.2, 0.25) is 0 Å². The fourth-order valence-corrected chi connectivity index (χ4v) is 5.01. The molecule has 1 saturated heterocycles. The molecule has 0 aliphatic carbocycles. The maximum Gasteiger partial charge on any atom is 0.265 e. The average Bonchev–Trinajstić information content (AvgIpc) is 2.68. The highest BCUT2D eigenvalue weighted by Gasteiger charge is 2.28. The second kappa shape index (κ2) is 8.97. The summed E-state index contributed by atoms with van der Waals surface area (Å²) in [7, 11) is -3.51. The number of aryl methyl sites for hydroxylation is 1. The molecule has 7 heteroatoms. The molecule has 1 N–H and O–H groups in total. The van der Waals surface area contributed by atoms with Gasteiger partial charge in [-0.25, -0.2) is 8.42 Å². The number of carbonyl (C=O) groups excluding carboxylic acids is 1. The standard InChI is InChI=1S/C22H28N2O4S/c1-16-6-4-8-20(14-16)28-18(3)22(25)23-19-9-11-21(12-10-19)29(26,27)24-13-5-7-17(2)15-24/h4,6,8-12,14,17-18H,5,7,13,15H2,1-3H3,(H,23,25). The van der Waals surface area contributed by atoms with Crippen LogP contribution < -0.4 is 10.1 Å². The number of rotatable bonds is 6. The van der Waals surface area contributed by atoms with Crippen molar-refractivity contribution in [1.29, 1.82) is 0 Å². The van der Waals surface area contributed by atoms with Crippen molar-refractivity contribution >= 4 is 21.6 Å². The van der Waals surface area contributed by atoms with Crippen LogP contribution in [0.3, 0.4) is 0 Å². The molecule has 0 bridgehead atoms. The van der Waals surface area contributed by atoms with Crippen LogP contribution in [0.25, 0.3) is 0 Å². The molecule has 2 atom stereocenters. The number of nitrogens with one attached hydrogen (secondary N) is 1. The maximum absolute atomic E-state index is 12.8. The minimum atomic E-state index is -3.51.